The molecule has 0 aromatic rings. The molecule has 0 aromatic heterocycles. The second kappa shape index (κ2) is 3.12. The van der Waals surface area contributed by atoms with Crippen LogP contribution in [0.25, 0.3) is 0 Å². The fourth-order valence-corrected chi connectivity index (χ4v) is 2.11. The van der Waals surface area contributed by atoms with E-state index in [0.29, 0.717) is 6.61 Å². The second-order valence-electron chi connectivity index (χ2n) is 3.97. The van der Waals surface area contributed by atoms with Crippen LogP contribution in [-0.4, -0.2) is 18.0 Å². The van der Waals surface area contributed by atoms with Crippen LogP contribution in [0.4, 0.5) is 0 Å². The lowest BCUT2D eigenvalue weighted by molar-refractivity contribution is 0.272. The van der Waals surface area contributed by atoms with Crippen molar-refractivity contribution in [2.75, 3.05) is 6.61 Å². The van der Waals surface area contributed by atoms with E-state index in [2.05, 4.69) is 59.7 Å². The van der Waals surface area contributed by atoms with Crippen molar-refractivity contribution in [2.45, 2.75) is 19.4 Å². The second-order valence-corrected chi connectivity index (χ2v) is 5.21. The van der Waals surface area contributed by atoms with Crippen LogP contribution in [0.3, 0.4) is 0 Å². The minimum Gasteiger partial charge on any atom is -0.478 e. The maximum absolute atomic E-state index is 5.58. The Morgan fingerprint density at radius 1 is 1.62 bits per heavy atom. The standard InChI is InChI=1S/C10H12INO/c1-10(2)6-13-9(12-10)7-4-3-5-8(7)11/h3-5,7H,6H2,1-2H3. The first-order chi connectivity index (χ1) is 6.08. The summed E-state index contributed by atoms with van der Waals surface area (Å²) in [5.41, 5.74) is -0.0390. The van der Waals surface area contributed by atoms with E-state index in [9.17, 15) is 0 Å². The maximum atomic E-state index is 5.58. The van der Waals surface area contributed by atoms with Gasteiger partial charge in [0.1, 0.15) is 6.61 Å². The fourth-order valence-electron chi connectivity index (χ4n) is 1.43. The normalized spacial score (nSPS) is 29.9. The molecular formula is C10H12INO. The highest BCUT2D eigenvalue weighted by atomic mass is 127. The third-order valence-corrected chi connectivity index (χ3v) is 3.14. The molecule has 1 aliphatic carbocycles. The van der Waals surface area contributed by atoms with E-state index in [4.69, 9.17) is 4.74 Å². The van der Waals surface area contributed by atoms with Crippen molar-refractivity contribution in [1.29, 1.82) is 0 Å². The average molecular weight is 289 g/mol. The first-order valence-electron chi connectivity index (χ1n) is 4.35. The van der Waals surface area contributed by atoms with Crippen LogP contribution in [0.1, 0.15) is 13.8 Å². The van der Waals surface area contributed by atoms with Crippen LogP contribution in [0.5, 0.6) is 0 Å². The molecule has 2 nitrogen and oxygen atoms in total. The predicted octanol–water partition coefficient (Wildman–Crippen LogP) is 2.70. The summed E-state index contributed by atoms with van der Waals surface area (Å²) in [7, 11) is 0. The Balaban J connectivity index is 2.20. The van der Waals surface area contributed by atoms with Crippen LogP contribution in [-0.2, 0) is 4.74 Å². The van der Waals surface area contributed by atoms with E-state index in [1.54, 1.807) is 0 Å². The van der Waals surface area contributed by atoms with E-state index >= 15 is 0 Å². The SMILES string of the molecule is CC1(C)COC(C2C=CC=C2I)=N1. The molecule has 0 N–H and O–H groups in total. The summed E-state index contributed by atoms with van der Waals surface area (Å²) in [4.78, 5) is 4.55. The molecule has 13 heavy (non-hydrogen) atoms. The Labute approximate surface area is 91.9 Å². The van der Waals surface area contributed by atoms with E-state index in [0.717, 1.165) is 5.90 Å². The predicted molar refractivity (Wildman–Crippen MR) is 62.2 cm³/mol. The molecule has 0 fully saturated rings. The number of hydrogen-bond donors (Lipinski definition) is 0. The minimum absolute atomic E-state index is 0.0390. The molecule has 1 heterocycles. The number of allylic oxidation sites excluding steroid dienone is 2. The maximum Gasteiger partial charge on any atom is 0.196 e. The fraction of sp³-hybridized carbons (Fsp3) is 0.500. The summed E-state index contributed by atoms with van der Waals surface area (Å²) in [5.74, 6) is 1.15. The molecule has 0 spiro atoms. The Hall–Kier alpha value is -0.320. The minimum atomic E-state index is -0.0390. The highest BCUT2D eigenvalue weighted by Crippen LogP contribution is 2.31. The number of aliphatic imine (C=N–C) groups is 1. The molecule has 0 radical (unpaired) electrons. The van der Waals surface area contributed by atoms with Crippen molar-refractivity contribution >= 4 is 28.5 Å². The molecule has 70 valence electrons. The van der Waals surface area contributed by atoms with Crippen LogP contribution >= 0.6 is 22.6 Å². The molecular weight excluding hydrogens is 277 g/mol. The molecule has 0 bridgehead atoms. The van der Waals surface area contributed by atoms with Gasteiger partial charge in [0.25, 0.3) is 0 Å². The van der Waals surface area contributed by atoms with Gasteiger partial charge in [-0.3, -0.25) is 0 Å². The van der Waals surface area contributed by atoms with Crippen molar-refractivity contribution in [2.24, 2.45) is 10.9 Å². The van der Waals surface area contributed by atoms with Crippen molar-refractivity contribution in [3.05, 3.63) is 21.8 Å². The van der Waals surface area contributed by atoms with Crippen LogP contribution in [0.15, 0.2) is 26.8 Å². The van der Waals surface area contributed by atoms with Gasteiger partial charge in [-0.05, 0) is 36.4 Å². The van der Waals surface area contributed by atoms with Gasteiger partial charge >= 0.3 is 0 Å². The lowest BCUT2D eigenvalue weighted by atomic mass is 10.1. The van der Waals surface area contributed by atoms with Crippen LogP contribution in [0, 0.1) is 5.92 Å². The third-order valence-electron chi connectivity index (χ3n) is 2.11. The molecule has 2 aliphatic rings. The Morgan fingerprint density at radius 3 is 2.85 bits per heavy atom. The zero-order valence-electron chi connectivity index (χ0n) is 7.75. The van der Waals surface area contributed by atoms with Crippen LogP contribution < -0.4 is 0 Å². The summed E-state index contributed by atoms with van der Waals surface area (Å²) < 4.78 is 6.86. The first kappa shape index (κ1) is 9.24. The topological polar surface area (TPSA) is 21.6 Å². The lowest BCUT2D eigenvalue weighted by Crippen LogP contribution is -2.17. The highest BCUT2D eigenvalue weighted by Gasteiger charge is 2.31. The third kappa shape index (κ3) is 1.80. The molecule has 0 saturated heterocycles. The van der Waals surface area contributed by atoms with E-state index in [-0.39, 0.29) is 11.5 Å². The lowest BCUT2D eigenvalue weighted by Gasteiger charge is -2.08. The van der Waals surface area contributed by atoms with Gasteiger partial charge in [0, 0.05) is 3.58 Å². The molecule has 2 rings (SSSR count). The smallest absolute Gasteiger partial charge is 0.196 e. The molecule has 3 heteroatoms. The first-order valence-corrected chi connectivity index (χ1v) is 5.43. The number of ether oxygens (including phenoxy) is 1. The van der Waals surface area contributed by atoms with E-state index in [1.165, 1.54) is 3.58 Å². The van der Waals surface area contributed by atoms with Gasteiger partial charge in [-0.15, -0.1) is 0 Å². The zero-order valence-corrected chi connectivity index (χ0v) is 9.91. The summed E-state index contributed by atoms with van der Waals surface area (Å²) in [6.45, 7) is 4.89. The van der Waals surface area contributed by atoms with E-state index < -0.39 is 0 Å². The van der Waals surface area contributed by atoms with Gasteiger partial charge in [0.2, 0.25) is 0 Å². The molecule has 1 aliphatic heterocycles. The summed E-state index contributed by atoms with van der Waals surface area (Å²) in [5, 5.41) is 0. The Morgan fingerprint density at radius 2 is 2.38 bits per heavy atom. The van der Waals surface area contributed by atoms with Crippen LogP contribution in [0.2, 0.25) is 0 Å². The molecule has 1 atom stereocenters. The number of halogens is 1. The molecule has 0 amide bonds. The number of hydrogen-bond acceptors (Lipinski definition) is 2. The zero-order chi connectivity index (χ0) is 9.47. The van der Waals surface area contributed by atoms with Gasteiger partial charge < -0.3 is 4.74 Å². The van der Waals surface area contributed by atoms with Crippen molar-refractivity contribution in [3.8, 4) is 0 Å². The van der Waals surface area contributed by atoms with Crippen molar-refractivity contribution < 1.29 is 4.74 Å². The Kier molecular flexibility index (Phi) is 2.21. The summed E-state index contributed by atoms with van der Waals surface area (Å²) in [6, 6.07) is 0. The van der Waals surface area contributed by atoms with Gasteiger partial charge in [-0.2, -0.15) is 0 Å². The van der Waals surface area contributed by atoms with Crippen molar-refractivity contribution in [3.63, 3.8) is 0 Å². The largest absolute Gasteiger partial charge is 0.478 e. The van der Waals surface area contributed by atoms with Gasteiger partial charge in [-0.1, -0.05) is 18.2 Å². The monoisotopic (exact) mass is 289 g/mol. The van der Waals surface area contributed by atoms with Crippen molar-refractivity contribution in [1.82, 2.24) is 0 Å². The highest BCUT2D eigenvalue weighted by molar-refractivity contribution is 14.1. The number of rotatable bonds is 1. The number of nitrogens with zero attached hydrogens (tertiary/aromatic N) is 1. The van der Waals surface area contributed by atoms with Gasteiger partial charge in [-0.25, -0.2) is 4.99 Å². The van der Waals surface area contributed by atoms with Gasteiger partial charge in [0.05, 0.1) is 11.5 Å². The summed E-state index contributed by atoms with van der Waals surface area (Å²) in [6.07, 6.45) is 6.29. The Bertz CT molecular complexity index is 315. The average Bonchev–Trinajstić information content (AvgIpc) is 2.56. The molecule has 1 unspecified atom stereocenters. The molecule has 0 saturated carbocycles. The van der Waals surface area contributed by atoms with E-state index in [1.807, 2.05) is 0 Å². The van der Waals surface area contributed by atoms with Gasteiger partial charge in [0.15, 0.2) is 5.90 Å². The summed E-state index contributed by atoms with van der Waals surface area (Å²) >= 11 is 2.33. The quantitative estimate of drug-likeness (QED) is 0.680. The molecule has 0 aromatic carbocycles.